The largest absolute Gasteiger partial charge is 0.510 e. The Hall–Kier alpha value is -2.44. The zero-order chi connectivity index (χ0) is 19.8. The van der Waals surface area contributed by atoms with Gasteiger partial charge in [-0.15, -0.1) is 11.3 Å². The van der Waals surface area contributed by atoms with Crippen molar-refractivity contribution in [1.82, 2.24) is 9.88 Å². The molecule has 28 heavy (non-hydrogen) atoms. The van der Waals surface area contributed by atoms with Crippen molar-refractivity contribution >= 4 is 38.7 Å². The van der Waals surface area contributed by atoms with E-state index in [1.807, 2.05) is 42.2 Å². The summed E-state index contributed by atoms with van der Waals surface area (Å²) in [5, 5.41) is 19.9. The van der Waals surface area contributed by atoms with Crippen molar-refractivity contribution in [2.75, 3.05) is 6.54 Å². The molecule has 0 spiro atoms. The number of aryl methyl sites for hydroxylation is 2. The molecule has 0 unspecified atom stereocenters. The summed E-state index contributed by atoms with van der Waals surface area (Å²) in [6, 6.07) is 16.3. The molecule has 0 atom stereocenters. The summed E-state index contributed by atoms with van der Waals surface area (Å²) in [7, 11) is 0. The van der Waals surface area contributed by atoms with Crippen LogP contribution < -0.4 is 0 Å². The minimum atomic E-state index is 0.216. The SMILES string of the molecule is Cc1cccc(CN2CC(O)=C(c3nc(-c4ccc(Br)cc4)c(C)s3)C2=N)c1. The summed E-state index contributed by atoms with van der Waals surface area (Å²) in [5.74, 6) is 0.545. The van der Waals surface area contributed by atoms with E-state index in [0.29, 0.717) is 29.5 Å². The van der Waals surface area contributed by atoms with Gasteiger partial charge in [0.25, 0.3) is 0 Å². The number of thiazole rings is 1. The van der Waals surface area contributed by atoms with Crippen molar-refractivity contribution in [1.29, 1.82) is 5.41 Å². The highest BCUT2D eigenvalue weighted by Crippen LogP contribution is 2.35. The van der Waals surface area contributed by atoms with Gasteiger partial charge in [0.05, 0.1) is 17.8 Å². The Balaban J connectivity index is 1.61. The smallest absolute Gasteiger partial charge is 0.135 e. The van der Waals surface area contributed by atoms with Crippen LogP contribution in [0.3, 0.4) is 0 Å². The maximum Gasteiger partial charge on any atom is 0.135 e. The topological polar surface area (TPSA) is 60.2 Å². The lowest BCUT2D eigenvalue weighted by atomic mass is 10.1. The van der Waals surface area contributed by atoms with Crippen LogP contribution in [0.25, 0.3) is 16.8 Å². The van der Waals surface area contributed by atoms with E-state index in [4.69, 9.17) is 10.4 Å². The van der Waals surface area contributed by atoms with Crippen molar-refractivity contribution in [2.45, 2.75) is 20.4 Å². The van der Waals surface area contributed by atoms with Gasteiger partial charge in [-0.2, -0.15) is 0 Å². The summed E-state index contributed by atoms with van der Waals surface area (Å²) < 4.78 is 1.02. The number of rotatable bonds is 4. The van der Waals surface area contributed by atoms with Crippen molar-refractivity contribution in [3.05, 3.63) is 79.8 Å². The van der Waals surface area contributed by atoms with Gasteiger partial charge in [0, 0.05) is 21.5 Å². The van der Waals surface area contributed by atoms with Crippen LogP contribution in [0.5, 0.6) is 0 Å². The van der Waals surface area contributed by atoms with Crippen LogP contribution in [0.15, 0.2) is 58.8 Å². The normalized spacial score (nSPS) is 14.2. The molecule has 0 saturated heterocycles. The second-order valence-electron chi connectivity index (χ2n) is 6.95. The molecule has 0 amide bonds. The Morgan fingerprint density at radius 3 is 2.64 bits per heavy atom. The van der Waals surface area contributed by atoms with Crippen LogP contribution in [0.1, 0.15) is 21.0 Å². The molecule has 0 aliphatic carbocycles. The summed E-state index contributed by atoms with van der Waals surface area (Å²) in [6.07, 6.45) is 0. The summed E-state index contributed by atoms with van der Waals surface area (Å²) in [4.78, 5) is 7.72. The molecule has 0 fully saturated rings. The minimum Gasteiger partial charge on any atom is -0.510 e. The van der Waals surface area contributed by atoms with Crippen LogP contribution in [-0.4, -0.2) is 27.4 Å². The average Bonchev–Trinajstić information content (AvgIpc) is 3.15. The molecule has 2 heterocycles. The maximum absolute atomic E-state index is 10.6. The lowest BCUT2D eigenvalue weighted by molar-refractivity contribution is 0.347. The van der Waals surface area contributed by atoms with Crippen molar-refractivity contribution in [2.24, 2.45) is 0 Å². The Morgan fingerprint density at radius 2 is 1.93 bits per heavy atom. The minimum absolute atomic E-state index is 0.216. The Bertz CT molecular complexity index is 1090. The number of aliphatic hydroxyl groups excluding tert-OH is 1. The number of halogens is 1. The molecule has 0 bridgehead atoms. The van der Waals surface area contributed by atoms with Crippen molar-refractivity contribution in [3.63, 3.8) is 0 Å². The Kier molecular flexibility index (Phi) is 5.08. The lowest BCUT2D eigenvalue weighted by Gasteiger charge is -2.18. The maximum atomic E-state index is 10.6. The number of amidine groups is 1. The first kappa shape index (κ1) is 18.9. The molecule has 142 valence electrons. The van der Waals surface area contributed by atoms with E-state index in [1.165, 1.54) is 16.9 Å². The van der Waals surface area contributed by atoms with Crippen LogP contribution in [-0.2, 0) is 6.54 Å². The average molecular weight is 454 g/mol. The van der Waals surface area contributed by atoms with Gasteiger partial charge in [-0.1, -0.05) is 57.9 Å². The second kappa shape index (κ2) is 7.53. The van der Waals surface area contributed by atoms with Gasteiger partial charge in [0.15, 0.2) is 0 Å². The van der Waals surface area contributed by atoms with Gasteiger partial charge < -0.3 is 10.0 Å². The number of hydrogen-bond acceptors (Lipinski definition) is 4. The zero-order valence-corrected chi connectivity index (χ0v) is 18.1. The fraction of sp³-hybridized carbons (Fsp3) is 0.182. The van der Waals surface area contributed by atoms with E-state index < -0.39 is 0 Å². The first-order valence-electron chi connectivity index (χ1n) is 8.97. The second-order valence-corrected chi connectivity index (χ2v) is 9.06. The molecule has 0 radical (unpaired) electrons. The predicted octanol–water partition coefficient (Wildman–Crippen LogP) is 5.95. The highest BCUT2D eigenvalue weighted by molar-refractivity contribution is 9.10. The fourth-order valence-corrected chi connectivity index (χ4v) is 4.67. The van der Waals surface area contributed by atoms with Gasteiger partial charge in [-0.05, 0) is 31.5 Å². The van der Waals surface area contributed by atoms with Crippen molar-refractivity contribution in [3.8, 4) is 11.3 Å². The Morgan fingerprint density at radius 1 is 1.18 bits per heavy atom. The quantitative estimate of drug-likeness (QED) is 0.512. The molecular formula is C22H20BrN3OS. The fourth-order valence-electron chi connectivity index (χ4n) is 3.40. The third-order valence-electron chi connectivity index (χ3n) is 4.77. The van der Waals surface area contributed by atoms with E-state index in [1.54, 1.807) is 0 Å². The van der Waals surface area contributed by atoms with E-state index in [9.17, 15) is 5.11 Å². The first-order valence-corrected chi connectivity index (χ1v) is 10.6. The third-order valence-corrected chi connectivity index (χ3v) is 6.28. The van der Waals surface area contributed by atoms with Gasteiger partial charge in [0.2, 0.25) is 0 Å². The van der Waals surface area contributed by atoms with E-state index in [-0.39, 0.29) is 5.76 Å². The lowest BCUT2D eigenvalue weighted by Crippen LogP contribution is -2.26. The number of aromatic nitrogens is 1. The number of hydrogen-bond donors (Lipinski definition) is 2. The molecule has 0 saturated carbocycles. The third kappa shape index (κ3) is 3.62. The van der Waals surface area contributed by atoms with E-state index >= 15 is 0 Å². The molecule has 3 aromatic rings. The molecule has 4 nitrogen and oxygen atoms in total. The first-order chi connectivity index (χ1) is 13.4. The van der Waals surface area contributed by atoms with Crippen molar-refractivity contribution < 1.29 is 5.11 Å². The van der Waals surface area contributed by atoms with E-state index in [0.717, 1.165) is 26.2 Å². The molecule has 6 heteroatoms. The Labute approximate surface area is 176 Å². The summed E-state index contributed by atoms with van der Waals surface area (Å²) in [6.45, 7) is 5.02. The van der Waals surface area contributed by atoms with Crippen LogP contribution in [0, 0.1) is 19.3 Å². The number of nitrogens with zero attached hydrogens (tertiary/aromatic N) is 2. The standard InChI is InChI=1S/C22H20BrN3OS/c1-13-4-3-5-15(10-13)11-26-12-18(27)19(21(26)24)22-25-20(14(2)28-22)16-6-8-17(23)9-7-16/h3-10,24,27H,11-12H2,1-2H3. The molecule has 1 aromatic heterocycles. The summed E-state index contributed by atoms with van der Waals surface area (Å²) >= 11 is 4.98. The molecule has 1 aliphatic heterocycles. The molecule has 4 rings (SSSR count). The highest BCUT2D eigenvalue weighted by atomic mass is 79.9. The van der Waals surface area contributed by atoms with Crippen LogP contribution in [0.4, 0.5) is 0 Å². The van der Waals surface area contributed by atoms with Gasteiger partial charge in [-0.3, -0.25) is 5.41 Å². The number of benzene rings is 2. The van der Waals surface area contributed by atoms with Gasteiger partial charge in [0.1, 0.15) is 16.6 Å². The van der Waals surface area contributed by atoms with Gasteiger partial charge >= 0.3 is 0 Å². The molecule has 2 aromatic carbocycles. The van der Waals surface area contributed by atoms with Gasteiger partial charge in [-0.25, -0.2) is 4.98 Å². The van der Waals surface area contributed by atoms with E-state index in [2.05, 4.69) is 41.1 Å². The number of nitrogens with one attached hydrogen (secondary N) is 1. The zero-order valence-electron chi connectivity index (χ0n) is 15.7. The van der Waals surface area contributed by atoms with Crippen LogP contribution in [0.2, 0.25) is 0 Å². The highest BCUT2D eigenvalue weighted by Gasteiger charge is 2.31. The summed E-state index contributed by atoms with van der Waals surface area (Å²) in [5.41, 5.74) is 4.80. The monoisotopic (exact) mass is 453 g/mol. The number of aliphatic hydroxyl groups is 1. The van der Waals surface area contributed by atoms with Crippen LogP contribution >= 0.6 is 27.3 Å². The molecular weight excluding hydrogens is 434 g/mol. The molecule has 1 aliphatic rings. The predicted molar refractivity (Wildman–Crippen MR) is 119 cm³/mol. The molecule has 2 N–H and O–H groups in total.